The number of nitrogens with one attached hydrogen (secondary N) is 2. The fourth-order valence-electron chi connectivity index (χ4n) is 2.90. The van der Waals surface area contributed by atoms with E-state index in [-0.39, 0.29) is 24.5 Å². The summed E-state index contributed by atoms with van der Waals surface area (Å²) < 4.78 is 0. The number of amides is 1. The first kappa shape index (κ1) is 17.8. The van der Waals surface area contributed by atoms with Crippen LogP contribution in [0.3, 0.4) is 0 Å². The zero-order valence-electron chi connectivity index (χ0n) is 14.8. The lowest BCUT2D eigenvalue weighted by atomic mass is 10.0. The average Bonchev–Trinajstić information content (AvgIpc) is 2.70. The van der Waals surface area contributed by atoms with E-state index < -0.39 is 0 Å². The quantitative estimate of drug-likeness (QED) is 0.687. The Bertz CT molecular complexity index is 767. The van der Waals surface area contributed by atoms with Gasteiger partial charge >= 0.3 is 0 Å². The first-order valence-electron chi connectivity index (χ1n) is 8.77. The van der Waals surface area contributed by atoms with Crippen molar-refractivity contribution in [1.29, 1.82) is 0 Å². The highest BCUT2D eigenvalue weighted by atomic mass is 16.1. The molecule has 1 amide bonds. The van der Waals surface area contributed by atoms with E-state index in [4.69, 9.17) is 0 Å². The summed E-state index contributed by atoms with van der Waals surface area (Å²) in [5, 5.41) is 6.37. The molecular weight excluding hydrogens is 322 g/mol. The minimum absolute atomic E-state index is 0.0319. The van der Waals surface area contributed by atoms with E-state index in [1.54, 1.807) is 6.20 Å². The van der Waals surface area contributed by atoms with Crippen LogP contribution in [-0.4, -0.2) is 17.4 Å². The minimum Gasteiger partial charge on any atom is -0.348 e. The molecule has 132 valence electrons. The van der Waals surface area contributed by atoms with Gasteiger partial charge in [-0.3, -0.25) is 15.1 Å². The lowest BCUT2D eigenvalue weighted by Gasteiger charge is -2.20. The maximum Gasteiger partial charge on any atom is 0.234 e. The highest BCUT2D eigenvalue weighted by Crippen LogP contribution is 2.19. The van der Waals surface area contributed by atoms with Crippen molar-refractivity contribution in [3.8, 4) is 0 Å². The van der Waals surface area contributed by atoms with E-state index in [1.807, 2.05) is 85.8 Å². The van der Waals surface area contributed by atoms with E-state index in [9.17, 15) is 4.79 Å². The molecule has 0 saturated heterocycles. The van der Waals surface area contributed by atoms with Crippen LogP contribution in [0, 0.1) is 0 Å². The molecule has 0 unspecified atom stereocenters. The Balaban J connectivity index is 1.65. The third-order valence-electron chi connectivity index (χ3n) is 4.26. The molecule has 0 saturated carbocycles. The first-order valence-corrected chi connectivity index (χ1v) is 8.77. The van der Waals surface area contributed by atoms with Crippen LogP contribution < -0.4 is 10.6 Å². The molecule has 0 bridgehead atoms. The summed E-state index contributed by atoms with van der Waals surface area (Å²) >= 11 is 0. The molecule has 0 radical (unpaired) electrons. The molecule has 1 heterocycles. The van der Waals surface area contributed by atoms with Gasteiger partial charge in [0.1, 0.15) is 0 Å². The van der Waals surface area contributed by atoms with Gasteiger partial charge in [0.05, 0.1) is 24.3 Å². The fraction of sp³-hybridized carbons (Fsp3) is 0.182. The number of pyridine rings is 1. The number of aromatic nitrogens is 1. The molecule has 2 atom stereocenters. The molecule has 26 heavy (non-hydrogen) atoms. The Morgan fingerprint density at radius 3 is 2.12 bits per heavy atom. The van der Waals surface area contributed by atoms with Gasteiger partial charge in [-0.15, -0.1) is 0 Å². The van der Waals surface area contributed by atoms with E-state index >= 15 is 0 Å². The Labute approximate surface area is 154 Å². The fourth-order valence-corrected chi connectivity index (χ4v) is 2.90. The molecule has 3 rings (SSSR count). The summed E-state index contributed by atoms with van der Waals surface area (Å²) in [5.41, 5.74) is 3.06. The number of benzene rings is 2. The second-order valence-electron chi connectivity index (χ2n) is 6.18. The molecule has 0 aliphatic heterocycles. The number of rotatable bonds is 7. The van der Waals surface area contributed by atoms with E-state index in [2.05, 4.69) is 15.6 Å². The molecule has 1 aromatic heterocycles. The highest BCUT2D eigenvalue weighted by Gasteiger charge is 2.17. The van der Waals surface area contributed by atoms with Crippen molar-refractivity contribution in [3.63, 3.8) is 0 Å². The normalized spacial score (nSPS) is 13.0. The lowest BCUT2D eigenvalue weighted by molar-refractivity contribution is -0.121. The summed E-state index contributed by atoms with van der Waals surface area (Å²) in [6, 6.07) is 25.6. The Kier molecular flexibility index (Phi) is 6.12. The van der Waals surface area contributed by atoms with Gasteiger partial charge in [0, 0.05) is 6.20 Å². The van der Waals surface area contributed by atoms with Gasteiger partial charge in [-0.2, -0.15) is 0 Å². The molecular formula is C22H23N3O. The summed E-state index contributed by atoms with van der Waals surface area (Å²) in [6.07, 6.45) is 1.77. The van der Waals surface area contributed by atoms with Crippen molar-refractivity contribution in [2.24, 2.45) is 0 Å². The maximum absolute atomic E-state index is 12.4. The summed E-state index contributed by atoms with van der Waals surface area (Å²) in [5.74, 6) is -0.0433. The van der Waals surface area contributed by atoms with Gasteiger partial charge in [0.25, 0.3) is 0 Å². The summed E-state index contributed by atoms with van der Waals surface area (Å²) in [4.78, 5) is 16.8. The Morgan fingerprint density at radius 1 is 0.885 bits per heavy atom. The Morgan fingerprint density at radius 2 is 1.50 bits per heavy atom. The highest BCUT2D eigenvalue weighted by molar-refractivity contribution is 5.78. The topological polar surface area (TPSA) is 54.0 Å². The van der Waals surface area contributed by atoms with Crippen LogP contribution in [0.1, 0.15) is 35.8 Å². The zero-order chi connectivity index (χ0) is 18.2. The molecule has 0 fully saturated rings. The third-order valence-corrected chi connectivity index (χ3v) is 4.26. The van der Waals surface area contributed by atoms with Crippen LogP contribution >= 0.6 is 0 Å². The van der Waals surface area contributed by atoms with E-state index in [1.165, 1.54) is 0 Å². The molecule has 0 spiro atoms. The largest absolute Gasteiger partial charge is 0.348 e. The predicted molar refractivity (Wildman–Crippen MR) is 104 cm³/mol. The molecule has 2 N–H and O–H groups in total. The van der Waals surface area contributed by atoms with E-state index in [0.29, 0.717) is 0 Å². The van der Waals surface area contributed by atoms with Crippen molar-refractivity contribution in [2.45, 2.75) is 19.0 Å². The summed E-state index contributed by atoms with van der Waals surface area (Å²) in [7, 11) is 0. The van der Waals surface area contributed by atoms with Crippen molar-refractivity contribution < 1.29 is 4.79 Å². The van der Waals surface area contributed by atoms with Gasteiger partial charge in [0.2, 0.25) is 5.91 Å². The zero-order valence-corrected chi connectivity index (χ0v) is 14.8. The monoisotopic (exact) mass is 345 g/mol. The average molecular weight is 345 g/mol. The van der Waals surface area contributed by atoms with Gasteiger partial charge in [-0.1, -0.05) is 66.7 Å². The molecule has 2 aromatic carbocycles. The van der Waals surface area contributed by atoms with Crippen molar-refractivity contribution in [1.82, 2.24) is 15.6 Å². The van der Waals surface area contributed by atoms with Gasteiger partial charge < -0.3 is 5.32 Å². The number of nitrogens with zero attached hydrogens (tertiary/aromatic N) is 1. The molecule has 3 aromatic rings. The maximum atomic E-state index is 12.4. The van der Waals surface area contributed by atoms with Crippen LogP contribution in [0.5, 0.6) is 0 Å². The Hall–Kier alpha value is -2.98. The lowest BCUT2D eigenvalue weighted by Crippen LogP contribution is -2.37. The van der Waals surface area contributed by atoms with Gasteiger partial charge in [-0.25, -0.2) is 0 Å². The number of carbonyl (C=O) groups excluding carboxylic acids is 1. The smallest absolute Gasteiger partial charge is 0.234 e. The van der Waals surface area contributed by atoms with Crippen LogP contribution in [0.25, 0.3) is 0 Å². The molecule has 4 nitrogen and oxygen atoms in total. The van der Waals surface area contributed by atoms with Gasteiger partial charge in [-0.05, 0) is 30.2 Å². The standard InChI is InChI=1S/C22H23N3O/c1-17(18-10-4-2-5-11-18)25-21(26)16-24-22(19-12-6-3-7-13-19)20-14-8-9-15-23-20/h2-15,17,22,24H,16H2,1H3,(H,25,26)/t17-,22+/m1/s1. The molecule has 0 aliphatic carbocycles. The molecule has 4 heteroatoms. The predicted octanol–water partition coefficient (Wildman–Crippen LogP) is 3.64. The van der Waals surface area contributed by atoms with Crippen LogP contribution in [0.4, 0.5) is 0 Å². The number of carbonyl (C=O) groups is 1. The SMILES string of the molecule is C[C@@H](NC(=O)CN[C@@H](c1ccccc1)c1ccccn1)c1ccccc1. The first-order chi connectivity index (χ1) is 12.7. The number of hydrogen-bond acceptors (Lipinski definition) is 3. The summed E-state index contributed by atoms with van der Waals surface area (Å²) in [6.45, 7) is 2.20. The van der Waals surface area contributed by atoms with Crippen LogP contribution in [0.15, 0.2) is 85.1 Å². The number of hydrogen-bond donors (Lipinski definition) is 2. The van der Waals surface area contributed by atoms with E-state index in [0.717, 1.165) is 16.8 Å². The van der Waals surface area contributed by atoms with Crippen molar-refractivity contribution >= 4 is 5.91 Å². The van der Waals surface area contributed by atoms with Gasteiger partial charge in [0.15, 0.2) is 0 Å². The van der Waals surface area contributed by atoms with Crippen LogP contribution in [0.2, 0.25) is 0 Å². The minimum atomic E-state index is -0.129. The van der Waals surface area contributed by atoms with Crippen molar-refractivity contribution in [3.05, 3.63) is 102 Å². The third kappa shape index (κ3) is 4.77. The van der Waals surface area contributed by atoms with Crippen molar-refractivity contribution in [2.75, 3.05) is 6.54 Å². The molecule has 0 aliphatic rings. The second-order valence-corrected chi connectivity index (χ2v) is 6.18. The van der Waals surface area contributed by atoms with Crippen LogP contribution in [-0.2, 0) is 4.79 Å². The second kappa shape index (κ2) is 8.92.